The number of anilines is 1. The zero-order chi connectivity index (χ0) is 17.2. The van der Waals surface area contributed by atoms with Crippen molar-refractivity contribution in [3.8, 4) is 10.6 Å². The molecule has 0 aliphatic carbocycles. The minimum absolute atomic E-state index is 0.0485. The predicted octanol–water partition coefficient (Wildman–Crippen LogP) is 4.30. The number of thiazole rings is 1. The van der Waals surface area contributed by atoms with Gasteiger partial charge in [-0.05, 0) is 12.1 Å². The number of halogens is 1. The highest BCUT2D eigenvalue weighted by Crippen LogP contribution is 2.33. The van der Waals surface area contributed by atoms with Gasteiger partial charge in [-0.15, -0.1) is 11.3 Å². The maximum absolute atomic E-state index is 12.1. The van der Waals surface area contributed by atoms with Crippen LogP contribution in [0.25, 0.3) is 10.6 Å². The lowest BCUT2D eigenvalue weighted by Crippen LogP contribution is -2.32. The van der Waals surface area contributed by atoms with E-state index in [4.69, 9.17) is 3.07 Å². The second-order valence-corrected chi connectivity index (χ2v) is 9.02. The standard InChI is InChI=1S/C16H17IN4O2S/c1-16(2,3)11-7-12(17-23-11)19-15(22)21-13-9-24-14(20-13)10-5-4-6-18-8-10/h4-9H,1-3H3,(H2,19,21,22). The van der Waals surface area contributed by atoms with Crippen LogP contribution in [0.15, 0.2) is 41.7 Å². The van der Waals surface area contributed by atoms with Crippen molar-refractivity contribution in [2.24, 2.45) is 5.41 Å². The van der Waals surface area contributed by atoms with Gasteiger partial charge in [-0.1, -0.05) is 20.8 Å². The average molecular weight is 456 g/mol. The molecule has 0 unspecified atom stereocenters. The Balaban J connectivity index is 1.61. The Hall–Kier alpha value is -1.81. The lowest BCUT2D eigenvalue weighted by molar-refractivity contribution is 0.256. The quantitative estimate of drug-likeness (QED) is 0.676. The van der Waals surface area contributed by atoms with Crippen molar-refractivity contribution in [3.63, 3.8) is 0 Å². The maximum Gasteiger partial charge on any atom is 0.325 e. The highest BCUT2D eigenvalue weighted by molar-refractivity contribution is 14.2. The van der Waals surface area contributed by atoms with Gasteiger partial charge in [0, 0.05) is 34.8 Å². The van der Waals surface area contributed by atoms with E-state index in [0.29, 0.717) is 5.82 Å². The second kappa shape index (κ2) is 6.98. The number of urea groups is 1. The van der Waals surface area contributed by atoms with Crippen LogP contribution in [-0.2, 0) is 3.07 Å². The summed E-state index contributed by atoms with van der Waals surface area (Å²) in [5.41, 5.74) is 0.880. The van der Waals surface area contributed by atoms with Gasteiger partial charge in [0.05, 0.1) is 0 Å². The van der Waals surface area contributed by atoms with E-state index < -0.39 is 21.1 Å². The van der Waals surface area contributed by atoms with Crippen molar-refractivity contribution in [1.29, 1.82) is 0 Å². The van der Waals surface area contributed by atoms with Crippen LogP contribution in [0.5, 0.6) is 0 Å². The molecular formula is C16H17IN4O2S. The summed E-state index contributed by atoms with van der Waals surface area (Å²) in [6, 6.07) is 3.49. The van der Waals surface area contributed by atoms with Crippen LogP contribution in [0.2, 0.25) is 0 Å². The summed E-state index contributed by atoms with van der Waals surface area (Å²) < 4.78 is 6.56. The Morgan fingerprint density at radius 3 is 2.83 bits per heavy atom. The first-order valence-electron chi connectivity index (χ1n) is 7.27. The molecule has 0 saturated carbocycles. The molecule has 2 aromatic rings. The monoisotopic (exact) mass is 456 g/mol. The van der Waals surface area contributed by atoms with Gasteiger partial charge in [-0.2, -0.15) is 0 Å². The van der Waals surface area contributed by atoms with Crippen molar-refractivity contribution in [1.82, 2.24) is 15.3 Å². The lowest BCUT2D eigenvalue weighted by atomic mass is 9.94. The average Bonchev–Trinajstić information content (AvgIpc) is 3.17. The number of carbonyl (C=O) groups is 1. The van der Waals surface area contributed by atoms with Crippen LogP contribution in [0.3, 0.4) is 0 Å². The first kappa shape index (κ1) is 17.0. The summed E-state index contributed by atoms with van der Waals surface area (Å²) in [5, 5.41) is 8.22. The van der Waals surface area contributed by atoms with Crippen molar-refractivity contribution < 1.29 is 7.86 Å². The third kappa shape index (κ3) is 4.18. The number of nitrogens with zero attached hydrogens (tertiary/aromatic N) is 2. The zero-order valence-electron chi connectivity index (χ0n) is 13.5. The molecule has 0 atom stereocenters. The van der Waals surface area contributed by atoms with Crippen molar-refractivity contribution >= 4 is 48.0 Å². The van der Waals surface area contributed by atoms with Crippen LogP contribution in [0, 0.1) is 5.41 Å². The van der Waals surface area contributed by atoms with E-state index in [1.165, 1.54) is 11.3 Å². The number of allylic oxidation sites excluding steroid dienone is 1. The van der Waals surface area contributed by atoms with E-state index in [-0.39, 0.29) is 11.4 Å². The largest absolute Gasteiger partial charge is 0.437 e. The van der Waals surface area contributed by atoms with E-state index in [1.54, 1.807) is 12.4 Å². The van der Waals surface area contributed by atoms with Crippen LogP contribution in [-0.4, -0.2) is 19.6 Å². The fraction of sp³-hybridized carbons (Fsp3) is 0.250. The Labute approximate surface area is 154 Å². The van der Waals surface area contributed by atoms with E-state index in [2.05, 4.69) is 41.4 Å². The second-order valence-electron chi connectivity index (χ2n) is 6.12. The number of hydrogen-bond donors (Lipinski definition) is 2. The van der Waals surface area contributed by atoms with E-state index in [1.807, 2.05) is 23.6 Å². The summed E-state index contributed by atoms with van der Waals surface area (Å²) in [5.74, 6) is 1.44. The molecule has 0 saturated heterocycles. The summed E-state index contributed by atoms with van der Waals surface area (Å²) in [6.07, 6.45) is 5.39. The van der Waals surface area contributed by atoms with Gasteiger partial charge in [0.15, 0.2) is 0 Å². The van der Waals surface area contributed by atoms with Gasteiger partial charge in [0.2, 0.25) is 0 Å². The van der Waals surface area contributed by atoms with Gasteiger partial charge >= 0.3 is 6.03 Å². The third-order valence-electron chi connectivity index (χ3n) is 3.09. The first-order chi connectivity index (χ1) is 11.4. The Morgan fingerprint density at radius 2 is 2.17 bits per heavy atom. The van der Waals surface area contributed by atoms with Gasteiger partial charge in [0.25, 0.3) is 0 Å². The zero-order valence-corrected chi connectivity index (χ0v) is 16.4. The Morgan fingerprint density at radius 1 is 1.33 bits per heavy atom. The van der Waals surface area contributed by atoms with Crippen LogP contribution in [0.4, 0.5) is 10.6 Å². The fourth-order valence-electron chi connectivity index (χ4n) is 1.84. The predicted molar refractivity (Wildman–Crippen MR) is 105 cm³/mol. The number of rotatable bonds is 3. The topological polar surface area (TPSA) is 76.1 Å². The summed E-state index contributed by atoms with van der Waals surface area (Å²) in [7, 11) is 0. The molecule has 0 aromatic carbocycles. The SMILES string of the molecule is CC(C)(C)C1=CC(NC(=O)Nc2csc(-c3cccnc3)n2)=IO1. The number of carbonyl (C=O) groups excluding carboxylic acids is 1. The summed E-state index contributed by atoms with van der Waals surface area (Å²) >= 11 is 0.816. The number of aromatic nitrogens is 2. The molecule has 0 bridgehead atoms. The summed E-state index contributed by atoms with van der Waals surface area (Å²) in [6.45, 7) is 6.25. The third-order valence-corrected chi connectivity index (χ3v) is 5.73. The fourth-order valence-corrected chi connectivity index (χ4v) is 4.61. The lowest BCUT2D eigenvalue weighted by Gasteiger charge is -2.17. The Bertz CT molecular complexity index is 809. The molecule has 8 heteroatoms. The molecule has 0 spiro atoms. The minimum atomic E-state index is -0.645. The van der Waals surface area contributed by atoms with E-state index in [0.717, 1.165) is 20.0 Å². The van der Waals surface area contributed by atoms with Crippen molar-refractivity contribution in [2.45, 2.75) is 20.8 Å². The van der Waals surface area contributed by atoms with E-state index in [9.17, 15) is 4.79 Å². The van der Waals surface area contributed by atoms with Gasteiger partial charge < -0.3 is 8.38 Å². The highest BCUT2D eigenvalue weighted by Gasteiger charge is 2.23. The molecule has 2 N–H and O–H groups in total. The summed E-state index contributed by atoms with van der Waals surface area (Å²) in [4.78, 5) is 20.6. The molecule has 6 nitrogen and oxygen atoms in total. The highest BCUT2D eigenvalue weighted by atomic mass is 127. The van der Waals surface area contributed by atoms with Crippen molar-refractivity contribution in [3.05, 3.63) is 41.7 Å². The molecule has 0 radical (unpaired) electrons. The molecule has 1 aliphatic heterocycles. The molecule has 2 amide bonds. The smallest absolute Gasteiger partial charge is 0.325 e. The minimum Gasteiger partial charge on any atom is -0.437 e. The molecule has 126 valence electrons. The van der Waals surface area contributed by atoms with E-state index >= 15 is 0 Å². The molecule has 0 fully saturated rings. The number of pyridine rings is 1. The number of nitrogens with one attached hydrogen (secondary N) is 2. The molecule has 2 aromatic heterocycles. The molecule has 1 aliphatic rings. The van der Waals surface area contributed by atoms with Crippen LogP contribution < -0.4 is 10.6 Å². The molecule has 3 heterocycles. The first-order valence-corrected chi connectivity index (χ1v) is 10.1. The number of amides is 2. The normalized spacial score (nSPS) is 14.1. The van der Waals surface area contributed by atoms with Gasteiger partial charge in [-0.3, -0.25) is 10.3 Å². The molecule has 24 heavy (non-hydrogen) atoms. The molecular weight excluding hydrogens is 439 g/mol. The van der Waals surface area contributed by atoms with Gasteiger partial charge in [0.1, 0.15) is 41.4 Å². The van der Waals surface area contributed by atoms with Gasteiger partial charge in [-0.25, -0.2) is 9.78 Å². The van der Waals surface area contributed by atoms with Crippen LogP contribution in [0.1, 0.15) is 20.8 Å². The van der Waals surface area contributed by atoms with Crippen LogP contribution >= 0.6 is 32.5 Å². The Kier molecular flexibility index (Phi) is 4.95. The number of hydrogen-bond acceptors (Lipinski definition) is 5. The van der Waals surface area contributed by atoms with Crippen molar-refractivity contribution in [2.75, 3.05) is 5.32 Å². The maximum atomic E-state index is 12.1. The molecule has 3 rings (SSSR count).